The largest absolute Gasteiger partial charge is 0.331 e. The molecule has 0 aliphatic carbocycles. The van der Waals surface area contributed by atoms with Crippen molar-refractivity contribution in [3.05, 3.63) is 59.9 Å². The third kappa shape index (κ3) is 4.24. The molecule has 0 amide bonds. The van der Waals surface area contributed by atoms with Crippen LogP contribution in [0.5, 0.6) is 0 Å². The van der Waals surface area contributed by atoms with Gasteiger partial charge in [0.2, 0.25) is 0 Å². The van der Waals surface area contributed by atoms with Gasteiger partial charge in [-0.15, -0.1) is 0 Å². The van der Waals surface area contributed by atoms with Crippen LogP contribution in [0.3, 0.4) is 0 Å². The van der Waals surface area contributed by atoms with Crippen LogP contribution in [-0.2, 0) is 11.4 Å². The minimum Gasteiger partial charge on any atom is -0.331 e. The number of thiocarbonyl (C=S) groups is 1. The Labute approximate surface area is 128 Å². The van der Waals surface area contributed by atoms with E-state index in [0.717, 1.165) is 11.4 Å². The van der Waals surface area contributed by atoms with Gasteiger partial charge in [-0.25, -0.2) is 5.06 Å². The van der Waals surface area contributed by atoms with Gasteiger partial charge in [-0.1, -0.05) is 6.07 Å². The first-order valence-corrected chi connectivity index (χ1v) is 6.66. The van der Waals surface area contributed by atoms with Crippen molar-refractivity contribution in [2.24, 2.45) is 0 Å². The highest BCUT2D eigenvalue weighted by Gasteiger charge is 2.10. The summed E-state index contributed by atoms with van der Waals surface area (Å²) in [6.45, 7) is 0.444. The van der Waals surface area contributed by atoms with Crippen LogP contribution < -0.4 is 5.32 Å². The molecule has 2 aromatic rings. The Balaban J connectivity index is 2.01. The normalized spacial score (nSPS) is 9.71. The number of rotatable bonds is 4. The van der Waals surface area contributed by atoms with Crippen molar-refractivity contribution in [1.29, 1.82) is 5.26 Å². The highest BCUT2D eigenvalue weighted by Crippen LogP contribution is 2.11. The molecule has 0 unspecified atom stereocenters. The first-order valence-electron chi connectivity index (χ1n) is 6.25. The SMILES string of the molecule is CON(Cc1ccccn1)C(=S)Nc1ccc(C#N)cc1. The Morgan fingerprint density at radius 2 is 2.10 bits per heavy atom. The maximum absolute atomic E-state index is 8.77. The van der Waals surface area contributed by atoms with Crippen LogP contribution in [0.1, 0.15) is 11.3 Å². The van der Waals surface area contributed by atoms with Gasteiger partial charge in [-0.05, 0) is 48.6 Å². The van der Waals surface area contributed by atoms with Crippen LogP contribution in [-0.4, -0.2) is 22.3 Å². The molecule has 0 saturated carbocycles. The average molecular weight is 298 g/mol. The Hall–Kier alpha value is -2.49. The van der Waals surface area contributed by atoms with Crippen LogP contribution in [0.4, 0.5) is 5.69 Å². The molecule has 0 radical (unpaired) electrons. The number of nitrogens with zero attached hydrogens (tertiary/aromatic N) is 3. The third-order valence-electron chi connectivity index (χ3n) is 2.74. The van der Waals surface area contributed by atoms with Gasteiger partial charge in [0.15, 0.2) is 5.11 Å². The lowest BCUT2D eigenvalue weighted by molar-refractivity contribution is -0.0703. The fourth-order valence-corrected chi connectivity index (χ4v) is 1.93. The lowest BCUT2D eigenvalue weighted by Gasteiger charge is -2.22. The van der Waals surface area contributed by atoms with Crippen LogP contribution in [0.15, 0.2) is 48.7 Å². The molecule has 0 bridgehead atoms. The molecule has 1 heterocycles. The summed E-state index contributed by atoms with van der Waals surface area (Å²) in [5.41, 5.74) is 2.24. The molecule has 106 valence electrons. The van der Waals surface area contributed by atoms with Crippen LogP contribution in [0, 0.1) is 11.3 Å². The lowest BCUT2D eigenvalue weighted by Crippen LogP contribution is -2.33. The summed E-state index contributed by atoms with van der Waals surface area (Å²) in [4.78, 5) is 9.50. The Kier molecular flexibility index (Phi) is 5.21. The number of aromatic nitrogens is 1. The molecule has 21 heavy (non-hydrogen) atoms. The van der Waals surface area contributed by atoms with Crippen molar-refractivity contribution in [2.45, 2.75) is 6.54 Å². The lowest BCUT2D eigenvalue weighted by atomic mass is 10.2. The molecule has 0 saturated heterocycles. The molecule has 1 aromatic heterocycles. The number of nitrogens with one attached hydrogen (secondary N) is 1. The molecule has 5 nitrogen and oxygen atoms in total. The maximum Gasteiger partial charge on any atom is 0.198 e. The third-order valence-corrected chi connectivity index (χ3v) is 3.05. The second kappa shape index (κ2) is 7.33. The minimum atomic E-state index is 0.424. The van der Waals surface area contributed by atoms with Crippen LogP contribution >= 0.6 is 12.2 Å². The molecule has 2 rings (SSSR count). The molecule has 1 N–H and O–H groups in total. The van der Waals surface area contributed by atoms with E-state index in [0.29, 0.717) is 17.2 Å². The highest BCUT2D eigenvalue weighted by atomic mass is 32.1. The van der Waals surface area contributed by atoms with Crippen LogP contribution in [0.25, 0.3) is 0 Å². The zero-order valence-electron chi connectivity index (χ0n) is 11.5. The Morgan fingerprint density at radius 1 is 1.33 bits per heavy atom. The molecule has 6 heteroatoms. The average Bonchev–Trinajstić information content (AvgIpc) is 2.54. The maximum atomic E-state index is 8.77. The standard InChI is InChI=1S/C15H14N4OS/c1-20-19(11-14-4-2-3-9-17-14)15(21)18-13-7-5-12(10-16)6-8-13/h2-9H,11H2,1H3,(H,18,21). The number of benzene rings is 1. The number of anilines is 1. The van der Waals surface area contributed by atoms with Crippen molar-refractivity contribution < 1.29 is 4.84 Å². The summed E-state index contributed by atoms with van der Waals surface area (Å²) in [5, 5.41) is 13.8. The second-order valence-corrected chi connectivity index (χ2v) is 4.55. The first-order chi connectivity index (χ1) is 10.2. The van der Waals surface area contributed by atoms with Gasteiger partial charge in [0.25, 0.3) is 0 Å². The summed E-state index contributed by atoms with van der Waals surface area (Å²) in [6, 6.07) is 14.8. The van der Waals surface area contributed by atoms with E-state index < -0.39 is 0 Å². The summed E-state index contributed by atoms with van der Waals surface area (Å²) < 4.78 is 0. The van der Waals surface area contributed by atoms with E-state index in [1.165, 1.54) is 5.06 Å². The van der Waals surface area contributed by atoms with E-state index in [1.54, 1.807) is 37.6 Å². The van der Waals surface area contributed by atoms with Crippen molar-refractivity contribution in [3.8, 4) is 6.07 Å². The predicted molar refractivity (Wildman–Crippen MR) is 84.2 cm³/mol. The quantitative estimate of drug-likeness (QED) is 0.692. The van der Waals surface area contributed by atoms with E-state index in [1.807, 2.05) is 18.2 Å². The van der Waals surface area contributed by atoms with Crippen molar-refractivity contribution in [1.82, 2.24) is 10.0 Å². The van der Waals surface area contributed by atoms with E-state index in [4.69, 9.17) is 22.3 Å². The van der Waals surface area contributed by atoms with Crippen molar-refractivity contribution >= 4 is 23.0 Å². The highest BCUT2D eigenvalue weighted by molar-refractivity contribution is 7.80. The molecular formula is C15H14N4OS. The van der Waals surface area contributed by atoms with E-state index >= 15 is 0 Å². The Bertz CT molecular complexity index is 637. The van der Waals surface area contributed by atoms with E-state index in [-0.39, 0.29) is 0 Å². The van der Waals surface area contributed by atoms with E-state index in [9.17, 15) is 0 Å². The first kappa shape index (κ1) is 14.9. The van der Waals surface area contributed by atoms with Gasteiger partial charge < -0.3 is 5.32 Å². The number of hydrogen-bond acceptors (Lipinski definition) is 4. The van der Waals surface area contributed by atoms with Gasteiger partial charge >= 0.3 is 0 Å². The second-order valence-electron chi connectivity index (χ2n) is 4.16. The predicted octanol–water partition coefficient (Wildman–Crippen LogP) is 2.71. The van der Waals surface area contributed by atoms with Gasteiger partial charge in [-0.2, -0.15) is 5.26 Å². The molecule has 0 atom stereocenters. The minimum absolute atomic E-state index is 0.424. The van der Waals surface area contributed by atoms with Gasteiger partial charge in [0, 0.05) is 11.9 Å². The van der Waals surface area contributed by atoms with Gasteiger partial charge in [0.05, 0.1) is 31.0 Å². The summed E-state index contributed by atoms with van der Waals surface area (Å²) in [7, 11) is 1.55. The van der Waals surface area contributed by atoms with E-state index in [2.05, 4.69) is 16.4 Å². The fourth-order valence-electron chi connectivity index (χ4n) is 1.67. The zero-order chi connectivity index (χ0) is 15.1. The number of hydrogen-bond donors (Lipinski definition) is 1. The summed E-state index contributed by atoms with van der Waals surface area (Å²) in [5.74, 6) is 0. The summed E-state index contributed by atoms with van der Waals surface area (Å²) >= 11 is 5.31. The summed E-state index contributed by atoms with van der Waals surface area (Å²) in [6.07, 6.45) is 1.72. The van der Waals surface area contributed by atoms with Crippen LogP contribution in [0.2, 0.25) is 0 Å². The molecule has 1 aromatic carbocycles. The number of nitriles is 1. The van der Waals surface area contributed by atoms with Crippen molar-refractivity contribution in [2.75, 3.05) is 12.4 Å². The van der Waals surface area contributed by atoms with Crippen molar-refractivity contribution in [3.63, 3.8) is 0 Å². The molecule has 0 aliphatic rings. The number of hydroxylamine groups is 2. The molecular weight excluding hydrogens is 284 g/mol. The molecule has 0 aliphatic heterocycles. The fraction of sp³-hybridized carbons (Fsp3) is 0.133. The Morgan fingerprint density at radius 3 is 2.67 bits per heavy atom. The topological polar surface area (TPSA) is 61.2 Å². The smallest absolute Gasteiger partial charge is 0.198 e. The van der Waals surface area contributed by atoms with Gasteiger partial charge in [-0.3, -0.25) is 9.82 Å². The van der Waals surface area contributed by atoms with Gasteiger partial charge in [0.1, 0.15) is 0 Å². The number of pyridine rings is 1. The molecule has 0 fully saturated rings. The molecule has 0 spiro atoms. The zero-order valence-corrected chi connectivity index (χ0v) is 12.3. The monoisotopic (exact) mass is 298 g/mol.